The van der Waals surface area contributed by atoms with Crippen LogP contribution in [0.3, 0.4) is 0 Å². The topological polar surface area (TPSA) is 74.7 Å². The predicted molar refractivity (Wildman–Crippen MR) is 63.8 cm³/mol. The van der Waals surface area contributed by atoms with Crippen molar-refractivity contribution in [2.45, 2.75) is 13.8 Å². The van der Waals surface area contributed by atoms with E-state index in [0.717, 1.165) is 5.56 Å². The number of benzene rings is 1. The molecule has 0 aliphatic rings. The summed E-state index contributed by atoms with van der Waals surface area (Å²) in [5.74, 6) is -0.818. The van der Waals surface area contributed by atoms with Crippen LogP contribution in [0.1, 0.15) is 11.1 Å². The fraction of sp³-hybridized carbons (Fsp3) is 0.167. The molecule has 0 bridgehead atoms. The maximum absolute atomic E-state index is 13.8. The summed E-state index contributed by atoms with van der Waals surface area (Å²) >= 11 is 0. The maximum atomic E-state index is 13.8. The monoisotopic (exact) mass is 247 g/mol. The number of aromatic nitrogens is 3. The van der Waals surface area contributed by atoms with Crippen molar-refractivity contribution in [1.29, 1.82) is 0 Å². The standard InChI is InChI=1S/C12H10FN3O2/c1-5-3-4-7(13)8-6(2)10(14-9(5)8)11-15-16-12(17)18-11/h3-4,14H,1-2H3,(H,16,17). The molecule has 2 N–H and O–H groups in total. The van der Waals surface area contributed by atoms with Gasteiger partial charge in [-0.15, -0.1) is 5.10 Å². The molecule has 0 spiro atoms. The number of nitrogens with one attached hydrogen (secondary N) is 2. The zero-order valence-electron chi connectivity index (χ0n) is 9.80. The Kier molecular flexibility index (Phi) is 2.13. The number of hydrogen-bond donors (Lipinski definition) is 2. The van der Waals surface area contributed by atoms with Crippen molar-refractivity contribution in [3.63, 3.8) is 0 Å². The lowest BCUT2D eigenvalue weighted by Crippen LogP contribution is -1.93. The smallest absolute Gasteiger partial charge is 0.386 e. The van der Waals surface area contributed by atoms with E-state index in [-0.39, 0.29) is 11.7 Å². The molecule has 92 valence electrons. The summed E-state index contributed by atoms with van der Waals surface area (Å²) in [4.78, 5) is 14.0. The number of hydrogen-bond acceptors (Lipinski definition) is 3. The molecule has 0 atom stereocenters. The third kappa shape index (κ3) is 1.38. The normalized spacial score (nSPS) is 11.3. The third-order valence-electron chi connectivity index (χ3n) is 3.01. The Labute approximate surface area is 101 Å². The van der Waals surface area contributed by atoms with E-state index in [1.165, 1.54) is 6.07 Å². The molecule has 0 aliphatic heterocycles. The van der Waals surface area contributed by atoms with Gasteiger partial charge in [0, 0.05) is 5.39 Å². The first-order valence-corrected chi connectivity index (χ1v) is 5.41. The van der Waals surface area contributed by atoms with Crippen LogP contribution in [0.15, 0.2) is 21.3 Å². The number of rotatable bonds is 1. The highest BCUT2D eigenvalue weighted by molar-refractivity contribution is 5.91. The van der Waals surface area contributed by atoms with E-state index >= 15 is 0 Å². The van der Waals surface area contributed by atoms with E-state index in [0.29, 0.717) is 22.2 Å². The molecular formula is C12H10FN3O2. The van der Waals surface area contributed by atoms with E-state index in [2.05, 4.69) is 15.2 Å². The lowest BCUT2D eigenvalue weighted by atomic mass is 10.1. The van der Waals surface area contributed by atoms with Gasteiger partial charge in [-0.3, -0.25) is 0 Å². The number of halogens is 1. The molecule has 0 saturated carbocycles. The van der Waals surface area contributed by atoms with Crippen LogP contribution in [0.4, 0.5) is 4.39 Å². The van der Waals surface area contributed by atoms with Gasteiger partial charge in [0.1, 0.15) is 11.5 Å². The Morgan fingerprint density at radius 3 is 2.72 bits per heavy atom. The SMILES string of the molecule is Cc1ccc(F)c2c(C)c(-c3n[nH]c(=O)o3)[nH]c12. The Morgan fingerprint density at radius 1 is 1.33 bits per heavy atom. The summed E-state index contributed by atoms with van der Waals surface area (Å²) in [6, 6.07) is 3.11. The molecule has 3 rings (SSSR count). The molecule has 0 amide bonds. The van der Waals surface area contributed by atoms with Crippen LogP contribution >= 0.6 is 0 Å². The maximum Gasteiger partial charge on any atom is 0.434 e. The van der Waals surface area contributed by atoms with Gasteiger partial charge >= 0.3 is 5.76 Å². The Hall–Kier alpha value is -2.37. The van der Waals surface area contributed by atoms with Gasteiger partial charge in [0.15, 0.2) is 0 Å². The van der Waals surface area contributed by atoms with Crippen LogP contribution in [0.25, 0.3) is 22.5 Å². The van der Waals surface area contributed by atoms with E-state index in [1.807, 2.05) is 6.92 Å². The molecule has 3 aromatic rings. The van der Waals surface area contributed by atoms with Crippen LogP contribution in [-0.4, -0.2) is 15.2 Å². The van der Waals surface area contributed by atoms with Gasteiger partial charge in [0.2, 0.25) is 0 Å². The Bertz CT molecular complexity index is 797. The van der Waals surface area contributed by atoms with Gasteiger partial charge in [0.25, 0.3) is 5.89 Å². The third-order valence-corrected chi connectivity index (χ3v) is 3.01. The van der Waals surface area contributed by atoms with Gasteiger partial charge < -0.3 is 9.40 Å². The largest absolute Gasteiger partial charge is 0.434 e. The number of H-pyrrole nitrogens is 2. The summed E-state index contributed by atoms with van der Waals surface area (Å²) in [6.45, 7) is 3.63. The molecule has 0 aliphatic carbocycles. The Morgan fingerprint density at radius 2 is 2.11 bits per heavy atom. The van der Waals surface area contributed by atoms with Gasteiger partial charge in [-0.2, -0.15) is 0 Å². The van der Waals surface area contributed by atoms with E-state index in [4.69, 9.17) is 4.42 Å². The van der Waals surface area contributed by atoms with Crippen molar-refractivity contribution in [2.24, 2.45) is 0 Å². The second kappa shape index (κ2) is 3.56. The molecule has 0 unspecified atom stereocenters. The molecule has 1 aromatic carbocycles. The fourth-order valence-corrected chi connectivity index (χ4v) is 2.10. The fourth-order valence-electron chi connectivity index (χ4n) is 2.10. The van der Waals surface area contributed by atoms with Crippen molar-refractivity contribution in [3.8, 4) is 11.6 Å². The molecule has 6 heteroatoms. The molecular weight excluding hydrogens is 237 g/mol. The average Bonchev–Trinajstić information content (AvgIpc) is 2.89. The highest BCUT2D eigenvalue weighted by Gasteiger charge is 2.17. The summed E-state index contributed by atoms with van der Waals surface area (Å²) in [6.07, 6.45) is 0. The molecule has 2 heterocycles. The highest BCUT2D eigenvalue weighted by atomic mass is 19.1. The number of aromatic amines is 2. The summed E-state index contributed by atoms with van der Waals surface area (Å²) in [5.41, 5.74) is 2.78. The summed E-state index contributed by atoms with van der Waals surface area (Å²) in [5, 5.41) is 6.42. The first-order chi connectivity index (χ1) is 8.58. The highest BCUT2D eigenvalue weighted by Crippen LogP contribution is 2.31. The quantitative estimate of drug-likeness (QED) is 0.692. The molecule has 18 heavy (non-hydrogen) atoms. The molecule has 0 saturated heterocycles. The van der Waals surface area contributed by atoms with Crippen molar-refractivity contribution in [3.05, 3.63) is 39.6 Å². The zero-order valence-corrected chi connectivity index (χ0v) is 9.80. The molecule has 0 fully saturated rings. The second-order valence-electron chi connectivity index (χ2n) is 4.16. The van der Waals surface area contributed by atoms with Crippen molar-refractivity contribution in [2.75, 3.05) is 0 Å². The second-order valence-corrected chi connectivity index (χ2v) is 4.16. The predicted octanol–water partition coefficient (Wildman–Crippen LogP) is 2.27. The minimum absolute atomic E-state index is 0.132. The zero-order chi connectivity index (χ0) is 12.9. The lowest BCUT2D eigenvalue weighted by molar-refractivity contribution is 0.525. The Balaban J connectivity index is 2.39. The van der Waals surface area contributed by atoms with Gasteiger partial charge in [-0.25, -0.2) is 14.3 Å². The van der Waals surface area contributed by atoms with Gasteiger partial charge in [-0.05, 0) is 31.0 Å². The van der Waals surface area contributed by atoms with Crippen LogP contribution in [0.2, 0.25) is 0 Å². The lowest BCUT2D eigenvalue weighted by Gasteiger charge is -1.97. The van der Waals surface area contributed by atoms with Crippen LogP contribution in [-0.2, 0) is 0 Å². The molecule has 2 aromatic heterocycles. The van der Waals surface area contributed by atoms with Crippen LogP contribution < -0.4 is 5.76 Å². The van der Waals surface area contributed by atoms with E-state index in [1.54, 1.807) is 13.0 Å². The summed E-state index contributed by atoms with van der Waals surface area (Å²) in [7, 11) is 0. The molecule has 5 nitrogen and oxygen atoms in total. The minimum Gasteiger partial charge on any atom is -0.386 e. The van der Waals surface area contributed by atoms with Gasteiger partial charge in [-0.1, -0.05) is 6.07 Å². The minimum atomic E-state index is -0.639. The first-order valence-electron chi connectivity index (χ1n) is 5.41. The van der Waals surface area contributed by atoms with Crippen molar-refractivity contribution >= 4 is 10.9 Å². The van der Waals surface area contributed by atoms with Crippen molar-refractivity contribution in [1.82, 2.24) is 15.2 Å². The number of fused-ring (bicyclic) bond motifs is 1. The number of nitrogens with zero attached hydrogens (tertiary/aromatic N) is 1. The van der Waals surface area contributed by atoms with E-state index < -0.39 is 5.76 Å². The number of aryl methyl sites for hydroxylation is 2. The first kappa shape index (κ1) is 10.8. The van der Waals surface area contributed by atoms with Gasteiger partial charge in [0.05, 0.1) is 5.52 Å². The molecule has 0 radical (unpaired) electrons. The van der Waals surface area contributed by atoms with Crippen LogP contribution in [0, 0.1) is 19.7 Å². The van der Waals surface area contributed by atoms with Crippen LogP contribution in [0.5, 0.6) is 0 Å². The average molecular weight is 247 g/mol. The summed E-state index contributed by atoms with van der Waals surface area (Å²) < 4.78 is 18.7. The van der Waals surface area contributed by atoms with E-state index in [9.17, 15) is 9.18 Å². The van der Waals surface area contributed by atoms with Crippen molar-refractivity contribution < 1.29 is 8.81 Å².